The van der Waals surface area contributed by atoms with E-state index >= 15 is 0 Å². The molecule has 0 amide bonds. The summed E-state index contributed by atoms with van der Waals surface area (Å²) in [6.07, 6.45) is -0.0505. The predicted octanol–water partition coefficient (Wildman–Crippen LogP) is 0.352. The van der Waals surface area contributed by atoms with Crippen molar-refractivity contribution in [2.75, 3.05) is 0 Å². The second-order valence-electron chi connectivity index (χ2n) is 3.06. The van der Waals surface area contributed by atoms with Crippen molar-refractivity contribution in [2.45, 2.75) is 4.90 Å². The number of carboxylic acids is 1. The molecular formula is C8H5NO8S. The first-order valence-electron chi connectivity index (χ1n) is 4.17. The van der Waals surface area contributed by atoms with Crippen LogP contribution in [0, 0.1) is 10.1 Å². The van der Waals surface area contributed by atoms with E-state index in [1.165, 1.54) is 0 Å². The van der Waals surface area contributed by atoms with Gasteiger partial charge in [0.05, 0.1) is 4.92 Å². The molecule has 0 atom stereocenters. The molecule has 0 saturated carbocycles. The Bertz CT molecular complexity index is 647. The van der Waals surface area contributed by atoms with Gasteiger partial charge in [-0.1, -0.05) is 0 Å². The van der Waals surface area contributed by atoms with Gasteiger partial charge in [0.15, 0.2) is 6.29 Å². The maximum absolute atomic E-state index is 10.8. The average molecular weight is 275 g/mol. The number of aldehydes is 1. The number of nitrogens with zero attached hydrogens (tertiary/aromatic N) is 1. The van der Waals surface area contributed by atoms with Gasteiger partial charge < -0.3 is 5.11 Å². The van der Waals surface area contributed by atoms with Gasteiger partial charge in [-0.15, -0.1) is 0 Å². The summed E-state index contributed by atoms with van der Waals surface area (Å²) in [4.78, 5) is 29.9. The first kappa shape index (κ1) is 13.7. The third kappa shape index (κ3) is 2.49. The van der Waals surface area contributed by atoms with Gasteiger partial charge in [0.1, 0.15) is 10.5 Å². The van der Waals surface area contributed by atoms with Gasteiger partial charge in [0.25, 0.3) is 15.8 Å². The van der Waals surface area contributed by atoms with Crippen LogP contribution in [-0.4, -0.2) is 35.3 Å². The van der Waals surface area contributed by atoms with Crippen LogP contribution < -0.4 is 0 Å². The Hall–Kier alpha value is -2.33. The monoisotopic (exact) mass is 275 g/mol. The van der Waals surface area contributed by atoms with E-state index in [2.05, 4.69) is 0 Å². The van der Waals surface area contributed by atoms with Crippen molar-refractivity contribution in [1.29, 1.82) is 0 Å². The molecule has 96 valence electrons. The lowest BCUT2D eigenvalue weighted by molar-refractivity contribution is -0.385. The molecule has 9 nitrogen and oxygen atoms in total. The Kier molecular flexibility index (Phi) is 3.44. The van der Waals surface area contributed by atoms with E-state index < -0.39 is 42.7 Å². The highest BCUT2D eigenvalue weighted by atomic mass is 32.2. The van der Waals surface area contributed by atoms with Crippen molar-refractivity contribution in [3.63, 3.8) is 0 Å². The van der Waals surface area contributed by atoms with Crippen LogP contribution in [-0.2, 0) is 10.1 Å². The molecule has 0 heterocycles. The first-order valence-corrected chi connectivity index (χ1v) is 5.61. The minimum Gasteiger partial charge on any atom is -0.477 e. The van der Waals surface area contributed by atoms with Crippen LogP contribution in [0.3, 0.4) is 0 Å². The number of nitro benzene ring substituents is 1. The summed E-state index contributed by atoms with van der Waals surface area (Å²) in [7, 11) is -4.79. The van der Waals surface area contributed by atoms with Gasteiger partial charge in [-0.3, -0.25) is 19.5 Å². The molecule has 1 aromatic carbocycles. The van der Waals surface area contributed by atoms with Crippen molar-refractivity contribution in [3.8, 4) is 0 Å². The number of benzene rings is 1. The SMILES string of the molecule is O=Cc1cc(S(=O)(=O)O)cc([N+](=O)[O-])c1C(=O)O. The molecule has 0 saturated heterocycles. The molecule has 0 aliphatic carbocycles. The van der Waals surface area contributed by atoms with E-state index in [1.54, 1.807) is 0 Å². The maximum atomic E-state index is 10.8. The maximum Gasteiger partial charge on any atom is 0.343 e. The largest absolute Gasteiger partial charge is 0.477 e. The summed E-state index contributed by atoms with van der Waals surface area (Å²) in [5, 5.41) is 19.4. The summed E-state index contributed by atoms with van der Waals surface area (Å²) >= 11 is 0. The van der Waals surface area contributed by atoms with Crippen LogP contribution in [0.1, 0.15) is 20.7 Å². The lowest BCUT2D eigenvalue weighted by atomic mass is 10.1. The fourth-order valence-electron chi connectivity index (χ4n) is 1.24. The summed E-state index contributed by atoms with van der Waals surface area (Å²) in [6.45, 7) is 0. The van der Waals surface area contributed by atoms with Gasteiger partial charge in [-0.05, 0) is 6.07 Å². The van der Waals surface area contributed by atoms with Crippen LogP contribution in [0.25, 0.3) is 0 Å². The lowest BCUT2D eigenvalue weighted by Gasteiger charge is -2.04. The van der Waals surface area contributed by atoms with E-state index in [0.717, 1.165) is 0 Å². The minimum atomic E-state index is -4.79. The first-order chi connectivity index (χ1) is 8.18. The number of rotatable bonds is 4. The highest BCUT2D eigenvalue weighted by Crippen LogP contribution is 2.26. The summed E-state index contributed by atoms with van der Waals surface area (Å²) in [5.74, 6) is -1.76. The number of carboxylic acid groups (broad SMARTS) is 1. The van der Waals surface area contributed by atoms with Crippen LogP contribution >= 0.6 is 0 Å². The second kappa shape index (κ2) is 4.50. The van der Waals surface area contributed by atoms with Crippen LogP contribution in [0.4, 0.5) is 5.69 Å². The fourth-order valence-corrected chi connectivity index (χ4v) is 1.78. The van der Waals surface area contributed by atoms with E-state index in [4.69, 9.17) is 9.66 Å². The summed E-state index contributed by atoms with van der Waals surface area (Å²) in [5.41, 5.74) is -2.76. The van der Waals surface area contributed by atoms with Crippen molar-refractivity contribution < 1.29 is 32.6 Å². The molecule has 0 unspecified atom stereocenters. The third-order valence-corrected chi connectivity index (χ3v) is 2.79. The van der Waals surface area contributed by atoms with Crippen molar-refractivity contribution >= 4 is 28.1 Å². The van der Waals surface area contributed by atoms with Crippen LogP contribution in [0.15, 0.2) is 17.0 Å². The van der Waals surface area contributed by atoms with Gasteiger partial charge in [0, 0.05) is 11.6 Å². The van der Waals surface area contributed by atoms with E-state index in [9.17, 15) is 28.1 Å². The Morgan fingerprint density at radius 2 is 1.94 bits per heavy atom. The van der Waals surface area contributed by atoms with E-state index in [0.29, 0.717) is 12.1 Å². The zero-order valence-electron chi connectivity index (χ0n) is 8.43. The van der Waals surface area contributed by atoms with E-state index in [1.807, 2.05) is 0 Å². The zero-order valence-corrected chi connectivity index (χ0v) is 9.25. The molecule has 1 aromatic rings. The minimum absolute atomic E-state index is 0.0505. The zero-order chi connectivity index (χ0) is 14.1. The molecule has 18 heavy (non-hydrogen) atoms. The Labute approximate surface area is 99.6 Å². The average Bonchev–Trinajstić information content (AvgIpc) is 2.25. The topological polar surface area (TPSA) is 152 Å². The fraction of sp³-hybridized carbons (Fsp3) is 0. The Balaban J connectivity index is 3.81. The number of hydrogen-bond acceptors (Lipinski definition) is 6. The Morgan fingerprint density at radius 1 is 1.39 bits per heavy atom. The molecule has 0 radical (unpaired) electrons. The van der Waals surface area contributed by atoms with Crippen molar-refractivity contribution in [1.82, 2.24) is 0 Å². The highest BCUT2D eigenvalue weighted by molar-refractivity contribution is 7.85. The quantitative estimate of drug-likeness (QED) is 0.345. The normalized spacial score (nSPS) is 10.9. The van der Waals surface area contributed by atoms with Gasteiger partial charge in [0.2, 0.25) is 0 Å². The molecule has 2 N–H and O–H groups in total. The smallest absolute Gasteiger partial charge is 0.343 e. The Morgan fingerprint density at radius 3 is 2.28 bits per heavy atom. The number of hydrogen-bond donors (Lipinski definition) is 2. The van der Waals surface area contributed by atoms with Gasteiger partial charge >= 0.3 is 5.97 Å². The van der Waals surface area contributed by atoms with E-state index in [-0.39, 0.29) is 6.29 Å². The number of carbonyl (C=O) groups excluding carboxylic acids is 1. The number of carbonyl (C=O) groups is 2. The number of nitro groups is 1. The molecular weight excluding hydrogens is 270 g/mol. The molecule has 0 aliphatic rings. The van der Waals surface area contributed by atoms with Crippen molar-refractivity contribution in [3.05, 3.63) is 33.4 Å². The molecule has 0 spiro atoms. The molecule has 1 rings (SSSR count). The van der Waals surface area contributed by atoms with Crippen LogP contribution in [0.2, 0.25) is 0 Å². The third-order valence-electron chi connectivity index (χ3n) is 1.96. The molecule has 10 heteroatoms. The molecule has 0 aliphatic heterocycles. The summed E-state index contributed by atoms with van der Waals surface area (Å²) in [6, 6.07) is 0.907. The van der Waals surface area contributed by atoms with Gasteiger partial charge in [-0.2, -0.15) is 8.42 Å². The predicted molar refractivity (Wildman–Crippen MR) is 55.3 cm³/mol. The number of aromatic carboxylic acids is 1. The standard InChI is InChI=1S/C8H5NO8S/c10-3-4-1-5(18(15,16)17)2-6(9(13)14)7(4)8(11)12/h1-3H,(H,11,12)(H,15,16,17). The van der Waals surface area contributed by atoms with Crippen LogP contribution in [0.5, 0.6) is 0 Å². The molecule has 0 fully saturated rings. The second-order valence-corrected chi connectivity index (χ2v) is 4.48. The van der Waals surface area contributed by atoms with Crippen molar-refractivity contribution in [2.24, 2.45) is 0 Å². The lowest BCUT2D eigenvalue weighted by Crippen LogP contribution is -2.10. The van der Waals surface area contributed by atoms with Gasteiger partial charge in [-0.25, -0.2) is 4.79 Å². The summed E-state index contributed by atoms with van der Waals surface area (Å²) < 4.78 is 30.4. The molecule has 0 aromatic heterocycles. The highest BCUT2D eigenvalue weighted by Gasteiger charge is 2.27. The molecule has 0 bridgehead atoms.